The molecule has 104 valence electrons. The summed E-state index contributed by atoms with van der Waals surface area (Å²) in [5, 5.41) is 17.6. The third-order valence-corrected chi connectivity index (χ3v) is 4.67. The van der Waals surface area contributed by atoms with E-state index in [0.29, 0.717) is 15.3 Å². The highest BCUT2D eigenvalue weighted by Gasteiger charge is 2.24. The number of fused-ring (bicyclic) bond motifs is 1. The van der Waals surface area contributed by atoms with Crippen molar-refractivity contribution >= 4 is 47.9 Å². The van der Waals surface area contributed by atoms with Gasteiger partial charge in [0.2, 0.25) is 0 Å². The summed E-state index contributed by atoms with van der Waals surface area (Å²) >= 11 is 11.8. The maximum absolute atomic E-state index is 11.1. The number of aliphatic carboxylic acids is 1. The number of anilines is 1. The van der Waals surface area contributed by atoms with Crippen LogP contribution in [0.5, 0.6) is 0 Å². The number of rotatable bonds is 2. The SMILES string of the molecule is O=C(O)C1CSc2ccc(-n3c(=S)[nH][nH]c3=S)cc2N1. The van der Waals surface area contributed by atoms with Gasteiger partial charge in [0.15, 0.2) is 9.54 Å². The first-order chi connectivity index (χ1) is 9.56. The molecule has 2 aromatic rings. The summed E-state index contributed by atoms with van der Waals surface area (Å²) in [6.45, 7) is 0. The highest BCUT2D eigenvalue weighted by atomic mass is 32.2. The summed E-state index contributed by atoms with van der Waals surface area (Å²) in [4.78, 5) is 12.1. The van der Waals surface area contributed by atoms with Crippen LogP contribution >= 0.6 is 36.2 Å². The molecule has 0 bridgehead atoms. The van der Waals surface area contributed by atoms with Crippen LogP contribution in [0.25, 0.3) is 5.69 Å². The Morgan fingerprint density at radius 2 is 2.05 bits per heavy atom. The van der Waals surface area contributed by atoms with Crippen molar-refractivity contribution < 1.29 is 9.90 Å². The first-order valence-electron chi connectivity index (χ1n) is 5.72. The smallest absolute Gasteiger partial charge is 0.326 e. The van der Waals surface area contributed by atoms with Crippen LogP contribution in [0.2, 0.25) is 0 Å². The zero-order valence-electron chi connectivity index (χ0n) is 10.0. The lowest BCUT2D eigenvalue weighted by Crippen LogP contribution is -2.34. The third-order valence-electron chi connectivity index (χ3n) is 2.94. The Morgan fingerprint density at radius 3 is 2.70 bits per heavy atom. The van der Waals surface area contributed by atoms with Gasteiger partial charge in [0.05, 0.1) is 11.4 Å². The molecule has 0 fully saturated rings. The minimum absolute atomic E-state index is 0.466. The zero-order valence-corrected chi connectivity index (χ0v) is 12.5. The van der Waals surface area contributed by atoms with Gasteiger partial charge in [-0.05, 0) is 42.6 Å². The van der Waals surface area contributed by atoms with E-state index >= 15 is 0 Å². The number of nitrogens with one attached hydrogen (secondary N) is 3. The van der Waals surface area contributed by atoms with Crippen LogP contribution in [0.15, 0.2) is 23.1 Å². The molecular formula is C11H10N4O2S3. The van der Waals surface area contributed by atoms with Crippen molar-refractivity contribution in [1.82, 2.24) is 14.8 Å². The Morgan fingerprint density at radius 1 is 1.35 bits per heavy atom. The largest absolute Gasteiger partial charge is 0.480 e. The van der Waals surface area contributed by atoms with Gasteiger partial charge in [-0.3, -0.25) is 14.8 Å². The second kappa shape index (κ2) is 5.08. The predicted octanol–water partition coefficient (Wildman–Crippen LogP) is 2.56. The molecule has 1 aliphatic heterocycles. The van der Waals surface area contributed by atoms with Gasteiger partial charge in [0, 0.05) is 10.6 Å². The Balaban J connectivity index is 2.06. The minimum atomic E-state index is -0.857. The number of nitrogens with zero attached hydrogens (tertiary/aromatic N) is 1. The van der Waals surface area contributed by atoms with E-state index in [0.717, 1.165) is 16.3 Å². The molecule has 1 aliphatic rings. The molecule has 2 heterocycles. The summed E-state index contributed by atoms with van der Waals surface area (Å²) in [7, 11) is 0. The summed E-state index contributed by atoms with van der Waals surface area (Å²) in [6.07, 6.45) is 0. The van der Waals surface area contributed by atoms with E-state index in [1.54, 1.807) is 4.57 Å². The molecule has 0 saturated carbocycles. The van der Waals surface area contributed by atoms with Crippen molar-refractivity contribution in [2.24, 2.45) is 0 Å². The Labute approximate surface area is 128 Å². The van der Waals surface area contributed by atoms with Gasteiger partial charge in [-0.2, -0.15) is 0 Å². The zero-order chi connectivity index (χ0) is 14.3. The van der Waals surface area contributed by atoms with Crippen molar-refractivity contribution in [3.63, 3.8) is 0 Å². The first kappa shape index (κ1) is 13.4. The molecule has 1 atom stereocenters. The van der Waals surface area contributed by atoms with E-state index in [2.05, 4.69) is 15.5 Å². The maximum Gasteiger partial charge on any atom is 0.326 e. The molecule has 0 amide bonds. The number of benzene rings is 1. The summed E-state index contributed by atoms with van der Waals surface area (Å²) in [6, 6.07) is 5.10. The fraction of sp³-hybridized carbons (Fsp3) is 0.182. The van der Waals surface area contributed by atoms with Gasteiger partial charge >= 0.3 is 5.97 Å². The number of carboxylic acid groups (broad SMARTS) is 1. The van der Waals surface area contributed by atoms with Crippen molar-refractivity contribution in [3.05, 3.63) is 27.7 Å². The highest BCUT2D eigenvalue weighted by molar-refractivity contribution is 7.99. The predicted molar refractivity (Wildman–Crippen MR) is 81.9 cm³/mol. The van der Waals surface area contributed by atoms with Crippen LogP contribution in [-0.2, 0) is 4.79 Å². The number of H-pyrrole nitrogens is 2. The van der Waals surface area contributed by atoms with Gasteiger partial charge in [-0.1, -0.05) is 0 Å². The minimum Gasteiger partial charge on any atom is -0.480 e. The summed E-state index contributed by atoms with van der Waals surface area (Å²) < 4.78 is 2.61. The topological polar surface area (TPSA) is 85.8 Å². The van der Waals surface area contributed by atoms with Crippen LogP contribution in [-0.4, -0.2) is 37.6 Å². The third kappa shape index (κ3) is 2.28. The molecule has 4 N–H and O–H groups in total. The number of carboxylic acids is 1. The van der Waals surface area contributed by atoms with Gasteiger partial charge in [0.25, 0.3) is 0 Å². The second-order valence-corrected chi connectivity index (χ2v) is 6.06. The number of aromatic nitrogens is 3. The quantitative estimate of drug-likeness (QED) is 0.635. The number of carbonyl (C=O) groups is 1. The molecule has 0 aliphatic carbocycles. The fourth-order valence-electron chi connectivity index (χ4n) is 1.98. The Hall–Kier alpha value is -1.58. The molecule has 9 heteroatoms. The fourth-order valence-corrected chi connectivity index (χ4v) is 3.54. The average Bonchev–Trinajstić information content (AvgIpc) is 2.77. The molecule has 3 rings (SSSR count). The van der Waals surface area contributed by atoms with Crippen molar-refractivity contribution in [3.8, 4) is 5.69 Å². The van der Waals surface area contributed by atoms with Crippen molar-refractivity contribution in [2.75, 3.05) is 11.1 Å². The molecule has 20 heavy (non-hydrogen) atoms. The maximum atomic E-state index is 11.1. The van der Waals surface area contributed by atoms with Crippen LogP contribution in [0, 0.1) is 9.54 Å². The monoisotopic (exact) mass is 326 g/mol. The van der Waals surface area contributed by atoms with E-state index in [1.165, 1.54) is 11.8 Å². The van der Waals surface area contributed by atoms with Gasteiger partial charge in [0.1, 0.15) is 6.04 Å². The van der Waals surface area contributed by atoms with E-state index < -0.39 is 12.0 Å². The normalized spacial score (nSPS) is 17.3. The van der Waals surface area contributed by atoms with Gasteiger partial charge in [-0.25, -0.2) is 4.79 Å². The first-order valence-corrected chi connectivity index (χ1v) is 7.53. The molecule has 0 radical (unpaired) electrons. The molecule has 0 saturated heterocycles. The number of hydrogen-bond acceptors (Lipinski definition) is 5. The Bertz CT molecular complexity index is 764. The van der Waals surface area contributed by atoms with Gasteiger partial charge < -0.3 is 10.4 Å². The molecule has 6 nitrogen and oxygen atoms in total. The standard InChI is InChI=1S/C11H10N4O2S3/c16-9(17)7-4-20-8-2-1-5(3-6(8)12-7)15-10(18)13-14-11(15)19/h1-3,7,12H,4H2,(H,13,18)(H,14,19)(H,16,17). The number of aromatic amines is 2. The van der Waals surface area contributed by atoms with Crippen LogP contribution < -0.4 is 5.32 Å². The Kier molecular flexibility index (Phi) is 3.40. The lowest BCUT2D eigenvalue weighted by atomic mass is 10.2. The van der Waals surface area contributed by atoms with E-state index in [9.17, 15) is 4.79 Å². The van der Waals surface area contributed by atoms with Crippen molar-refractivity contribution in [2.45, 2.75) is 10.9 Å². The summed E-state index contributed by atoms with van der Waals surface area (Å²) in [5.74, 6) is -0.352. The van der Waals surface area contributed by atoms with E-state index in [1.807, 2.05) is 18.2 Å². The molecule has 1 aromatic carbocycles. The average molecular weight is 326 g/mol. The molecule has 0 spiro atoms. The van der Waals surface area contributed by atoms with E-state index in [4.69, 9.17) is 29.5 Å². The van der Waals surface area contributed by atoms with E-state index in [-0.39, 0.29) is 0 Å². The molecule has 1 aromatic heterocycles. The highest BCUT2D eigenvalue weighted by Crippen LogP contribution is 2.34. The van der Waals surface area contributed by atoms with Crippen LogP contribution in [0.3, 0.4) is 0 Å². The number of thioether (sulfide) groups is 1. The summed E-state index contributed by atoms with van der Waals surface area (Å²) in [5.41, 5.74) is 1.57. The lowest BCUT2D eigenvalue weighted by molar-refractivity contribution is -0.137. The van der Waals surface area contributed by atoms with Crippen LogP contribution in [0.4, 0.5) is 5.69 Å². The number of hydrogen-bond donors (Lipinski definition) is 4. The molecule has 1 unspecified atom stereocenters. The van der Waals surface area contributed by atoms with Crippen LogP contribution in [0.1, 0.15) is 0 Å². The van der Waals surface area contributed by atoms with Gasteiger partial charge in [-0.15, -0.1) is 11.8 Å². The van der Waals surface area contributed by atoms with Crippen molar-refractivity contribution in [1.29, 1.82) is 0 Å². The lowest BCUT2D eigenvalue weighted by Gasteiger charge is -2.24. The molecular weight excluding hydrogens is 316 g/mol. The second-order valence-electron chi connectivity index (χ2n) is 4.22.